The Hall–Kier alpha value is -1.84. The molecule has 1 aromatic carbocycles. The van der Waals surface area contributed by atoms with E-state index in [1.807, 2.05) is 24.3 Å². The molecule has 0 radical (unpaired) electrons. The number of rotatable bonds is 4. The molecular weight excluding hydrogens is 230 g/mol. The molecule has 1 aromatic rings. The lowest BCUT2D eigenvalue weighted by Gasteiger charge is -2.17. The van der Waals surface area contributed by atoms with Gasteiger partial charge in [-0.15, -0.1) is 0 Å². The third kappa shape index (κ3) is 4.20. The first-order chi connectivity index (χ1) is 8.56. The Morgan fingerprint density at radius 1 is 1.22 bits per heavy atom. The average molecular weight is 249 g/mol. The number of aryl methyl sites for hydroxylation is 1. The van der Waals surface area contributed by atoms with Crippen molar-refractivity contribution >= 4 is 11.9 Å². The van der Waals surface area contributed by atoms with Crippen LogP contribution in [0.2, 0.25) is 0 Å². The Labute approximate surface area is 108 Å². The van der Waals surface area contributed by atoms with Crippen LogP contribution in [0.1, 0.15) is 31.9 Å². The Morgan fingerprint density at radius 2 is 1.89 bits per heavy atom. The minimum atomic E-state index is -0.416. The number of hydrogen-bond acceptors (Lipinski definition) is 3. The molecule has 4 heteroatoms. The maximum absolute atomic E-state index is 11.7. The molecule has 0 atom stereocenters. The summed E-state index contributed by atoms with van der Waals surface area (Å²) in [5.41, 5.74) is 2.08. The number of nitrogens with zero attached hydrogens (tertiary/aromatic N) is 1. The van der Waals surface area contributed by atoms with Crippen LogP contribution in [0.3, 0.4) is 0 Å². The predicted octanol–water partition coefficient (Wildman–Crippen LogP) is 2.12. The third-order valence-electron chi connectivity index (χ3n) is 2.60. The lowest BCUT2D eigenvalue weighted by Crippen LogP contribution is -2.32. The Morgan fingerprint density at radius 3 is 2.44 bits per heavy atom. The topological polar surface area (TPSA) is 46.6 Å². The normalized spacial score (nSPS) is 9.94. The molecule has 4 nitrogen and oxygen atoms in total. The molecule has 0 aromatic heterocycles. The maximum atomic E-state index is 11.7. The van der Waals surface area contributed by atoms with E-state index < -0.39 is 5.97 Å². The molecule has 0 aliphatic heterocycles. The van der Waals surface area contributed by atoms with E-state index in [4.69, 9.17) is 4.84 Å². The summed E-state index contributed by atoms with van der Waals surface area (Å²) < 4.78 is 0. The molecule has 0 N–H and O–H groups in total. The van der Waals surface area contributed by atoms with E-state index in [1.54, 1.807) is 6.92 Å². The molecule has 0 spiro atoms. The fourth-order valence-corrected chi connectivity index (χ4v) is 1.63. The highest BCUT2D eigenvalue weighted by atomic mass is 16.7. The number of carbonyl (C=O) groups excluding carboxylic acids is 2. The van der Waals surface area contributed by atoms with Gasteiger partial charge >= 0.3 is 5.97 Å². The summed E-state index contributed by atoms with van der Waals surface area (Å²) in [5.74, 6) is -0.687. The summed E-state index contributed by atoms with van der Waals surface area (Å²) in [6.07, 6.45) is 1.11. The first-order valence-corrected chi connectivity index (χ1v) is 6.13. The van der Waals surface area contributed by atoms with E-state index in [-0.39, 0.29) is 12.3 Å². The molecular formula is C14H19NO3. The summed E-state index contributed by atoms with van der Waals surface area (Å²) >= 11 is 0. The van der Waals surface area contributed by atoms with Gasteiger partial charge in [0.25, 0.3) is 5.91 Å². The molecule has 0 saturated heterocycles. The van der Waals surface area contributed by atoms with Crippen molar-refractivity contribution in [3.63, 3.8) is 0 Å². The van der Waals surface area contributed by atoms with E-state index >= 15 is 0 Å². The summed E-state index contributed by atoms with van der Waals surface area (Å²) in [4.78, 5) is 27.8. The highest BCUT2D eigenvalue weighted by Crippen LogP contribution is 2.08. The van der Waals surface area contributed by atoms with Crippen LogP contribution in [-0.2, 0) is 27.3 Å². The number of benzene rings is 1. The molecule has 98 valence electrons. The fraction of sp³-hybridized carbons (Fsp3) is 0.429. The molecule has 0 aliphatic carbocycles. The number of amides is 1. The van der Waals surface area contributed by atoms with Crippen molar-refractivity contribution in [1.29, 1.82) is 0 Å². The minimum absolute atomic E-state index is 0.178. The van der Waals surface area contributed by atoms with Gasteiger partial charge in [-0.3, -0.25) is 4.79 Å². The zero-order valence-corrected chi connectivity index (χ0v) is 11.1. The van der Waals surface area contributed by atoms with Crippen LogP contribution in [-0.4, -0.2) is 23.5 Å². The van der Waals surface area contributed by atoms with Gasteiger partial charge in [-0.2, -0.15) is 5.06 Å². The van der Waals surface area contributed by atoms with Crippen molar-refractivity contribution in [3.8, 4) is 0 Å². The SMILES string of the molecule is CCc1cccc(CC(=O)ON(CC)C(C)=O)c1. The minimum Gasteiger partial charge on any atom is -0.338 e. The standard InChI is InChI=1S/C14H19NO3/c1-4-12-7-6-8-13(9-12)10-14(17)18-15(5-2)11(3)16/h6-9H,4-5,10H2,1-3H3. The van der Waals surface area contributed by atoms with Gasteiger partial charge in [-0.25, -0.2) is 4.79 Å². The summed E-state index contributed by atoms with van der Waals surface area (Å²) in [6.45, 7) is 5.54. The van der Waals surface area contributed by atoms with Gasteiger partial charge in [-0.05, 0) is 24.5 Å². The first-order valence-electron chi connectivity index (χ1n) is 6.13. The largest absolute Gasteiger partial charge is 0.338 e. The van der Waals surface area contributed by atoms with Crippen molar-refractivity contribution in [2.24, 2.45) is 0 Å². The number of hydroxylamine groups is 2. The lowest BCUT2D eigenvalue weighted by atomic mass is 10.1. The second kappa shape index (κ2) is 6.79. The van der Waals surface area contributed by atoms with E-state index in [2.05, 4.69) is 6.92 Å². The molecule has 18 heavy (non-hydrogen) atoms. The molecule has 0 saturated carbocycles. The highest BCUT2D eigenvalue weighted by molar-refractivity contribution is 5.77. The van der Waals surface area contributed by atoms with Crippen molar-refractivity contribution in [2.75, 3.05) is 6.54 Å². The Balaban J connectivity index is 2.61. The van der Waals surface area contributed by atoms with Crippen LogP contribution in [0.5, 0.6) is 0 Å². The average Bonchev–Trinajstić information content (AvgIpc) is 2.35. The second-order valence-corrected chi connectivity index (χ2v) is 4.03. The van der Waals surface area contributed by atoms with Gasteiger partial charge in [0.15, 0.2) is 0 Å². The molecule has 0 unspecified atom stereocenters. The van der Waals surface area contributed by atoms with Crippen LogP contribution in [0.25, 0.3) is 0 Å². The zero-order chi connectivity index (χ0) is 13.5. The van der Waals surface area contributed by atoms with Gasteiger partial charge < -0.3 is 4.84 Å². The Bertz CT molecular complexity index is 429. The van der Waals surface area contributed by atoms with Crippen LogP contribution in [0.15, 0.2) is 24.3 Å². The van der Waals surface area contributed by atoms with Crippen molar-refractivity contribution in [1.82, 2.24) is 5.06 Å². The van der Waals surface area contributed by atoms with Gasteiger partial charge in [0.1, 0.15) is 0 Å². The van der Waals surface area contributed by atoms with E-state index in [0.29, 0.717) is 6.54 Å². The maximum Gasteiger partial charge on any atom is 0.336 e. The summed E-state index contributed by atoms with van der Waals surface area (Å²) in [5, 5.41) is 1.06. The van der Waals surface area contributed by atoms with Crippen LogP contribution in [0, 0.1) is 0 Å². The van der Waals surface area contributed by atoms with Crippen LogP contribution < -0.4 is 0 Å². The number of hydrogen-bond donors (Lipinski definition) is 0. The van der Waals surface area contributed by atoms with Crippen molar-refractivity contribution in [3.05, 3.63) is 35.4 Å². The first kappa shape index (κ1) is 14.2. The molecule has 0 bridgehead atoms. The third-order valence-corrected chi connectivity index (χ3v) is 2.60. The molecule has 1 rings (SSSR count). The molecule has 1 amide bonds. The molecule has 0 heterocycles. The zero-order valence-electron chi connectivity index (χ0n) is 11.1. The summed E-state index contributed by atoms with van der Waals surface area (Å²) in [6, 6.07) is 7.79. The Kier molecular flexibility index (Phi) is 5.36. The quantitative estimate of drug-likeness (QED) is 0.768. The van der Waals surface area contributed by atoms with Gasteiger partial charge in [0, 0.05) is 6.92 Å². The van der Waals surface area contributed by atoms with Crippen molar-refractivity contribution in [2.45, 2.75) is 33.6 Å². The predicted molar refractivity (Wildman–Crippen MR) is 68.7 cm³/mol. The fourth-order valence-electron chi connectivity index (χ4n) is 1.63. The van der Waals surface area contributed by atoms with Crippen LogP contribution in [0.4, 0.5) is 0 Å². The van der Waals surface area contributed by atoms with Gasteiger partial charge in [0.05, 0.1) is 13.0 Å². The lowest BCUT2D eigenvalue weighted by molar-refractivity contribution is -0.195. The van der Waals surface area contributed by atoms with E-state index in [1.165, 1.54) is 12.5 Å². The number of carbonyl (C=O) groups is 2. The molecule has 0 aliphatic rings. The van der Waals surface area contributed by atoms with Gasteiger partial charge in [-0.1, -0.05) is 31.2 Å². The highest BCUT2D eigenvalue weighted by Gasteiger charge is 2.13. The monoisotopic (exact) mass is 249 g/mol. The van der Waals surface area contributed by atoms with Crippen molar-refractivity contribution < 1.29 is 14.4 Å². The second-order valence-electron chi connectivity index (χ2n) is 4.03. The van der Waals surface area contributed by atoms with Crippen LogP contribution >= 0.6 is 0 Å². The smallest absolute Gasteiger partial charge is 0.336 e. The van der Waals surface area contributed by atoms with Gasteiger partial charge in [0.2, 0.25) is 0 Å². The summed E-state index contributed by atoms with van der Waals surface area (Å²) in [7, 11) is 0. The molecule has 0 fully saturated rings. The van der Waals surface area contributed by atoms with E-state index in [0.717, 1.165) is 17.0 Å². The van der Waals surface area contributed by atoms with E-state index in [9.17, 15) is 9.59 Å².